The Hall–Kier alpha value is -2.13. The number of sulfone groups is 1. The van der Waals surface area contributed by atoms with Crippen LogP contribution < -0.4 is 0 Å². The molecule has 0 spiro atoms. The molecule has 0 aromatic heterocycles. The van der Waals surface area contributed by atoms with Crippen LogP contribution in [-0.4, -0.2) is 20.1 Å². The molecule has 0 bridgehead atoms. The molecular weight excluding hydrogens is 320 g/mol. The van der Waals surface area contributed by atoms with E-state index in [9.17, 15) is 8.42 Å². The van der Waals surface area contributed by atoms with Crippen molar-refractivity contribution < 1.29 is 13.5 Å². The first-order valence-electron chi connectivity index (χ1n) is 8.06. The zero-order chi connectivity index (χ0) is 17.3. The molecule has 2 rings (SSSR count). The Labute approximate surface area is 143 Å². The standard InChI is InChI=1S/C20H22O3S/c21-17-9-3-8-14-20(16-15-18-10-4-1-5-11-18)24(22,23)19-12-6-2-7-13-19/h1-2,4-7,10-13,15,21H,3,8-9,14,17H2. The number of rotatable bonds is 8. The van der Waals surface area contributed by atoms with Crippen LogP contribution in [0.2, 0.25) is 0 Å². The van der Waals surface area contributed by atoms with E-state index in [0.29, 0.717) is 19.3 Å². The van der Waals surface area contributed by atoms with Crippen molar-refractivity contribution in [3.63, 3.8) is 0 Å². The van der Waals surface area contributed by atoms with Gasteiger partial charge in [0.25, 0.3) is 0 Å². The molecule has 0 aliphatic carbocycles. The smallest absolute Gasteiger partial charge is 0.210 e. The van der Waals surface area contributed by atoms with Gasteiger partial charge in [0.05, 0.1) is 9.80 Å². The third kappa shape index (κ3) is 5.20. The first kappa shape index (κ1) is 18.2. The minimum atomic E-state index is -3.55. The maximum Gasteiger partial charge on any atom is 0.210 e. The van der Waals surface area contributed by atoms with Crippen LogP contribution >= 0.6 is 0 Å². The van der Waals surface area contributed by atoms with Crippen molar-refractivity contribution in [1.82, 2.24) is 0 Å². The second kappa shape index (κ2) is 9.24. The number of aliphatic hydroxyl groups excluding tert-OH is 1. The maximum absolute atomic E-state index is 12.8. The lowest BCUT2D eigenvalue weighted by Gasteiger charge is -2.07. The van der Waals surface area contributed by atoms with E-state index in [2.05, 4.69) is 5.73 Å². The summed E-state index contributed by atoms with van der Waals surface area (Å²) in [6, 6.07) is 18.0. The van der Waals surface area contributed by atoms with Gasteiger partial charge in [-0.2, -0.15) is 0 Å². The molecule has 1 N–H and O–H groups in total. The van der Waals surface area contributed by atoms with Crippen molar-refractivity contribution in [3.8, 4) is 0 Å². The molecule has 126 valence electrons. The van der Waals surface area contributed by atoms with Gasteiger partial charge < -0.3 is 5.11 Å². The van der Waals surface area contributed by atoms with Crippen LogP contribution in [0.1, 0.15) is 31.2 Å². The highest BCUT2D eigenvalue weighted by Crippen LogP contribution is 2.23. The molecule has 0 fully saturated rings. The number of unbranched alkanes of at least 4 members (excludes halogenated alkanes) is 2. The Bertz CT molecular complexity index is 787. The lowest BCUT2D eigenvalue weighted by molar-refractivity contribution is 0.283. The summed E-state index contributed by atoms with van der Waals surface area (Å²) < 4.78 is 25.7. The predicted molar refractivity (Wildman–Crippen MR) is 97.1 cm³/mol. The number of aliphatic hydroxyl groups is 1. The van der Waals surface area contributed by atoms with Crippen molar-refractivity contribution in [2.24, 2.45) is 0 Å². The topological polar surface area (TPSA) is 54.4 Å². The van der Waals surface area contributed by atoms with Gasteiger partial charge in [0.1, 0.15) is 0 Å². The van der Waals surface area contributed by atoms with Crippen LogP contribution in [0, 0.1) is 0 Å². The fourth-order valence-corrected chi connectivity index (χ4v) is 3.74. The average Bonchev–Trinajstić information content (AvgIpc) is 2.62. The lowest BCUT2D eigenvalue weighted by atomic mass is 10.2. The second-order valence-corrected chi connectivity index (χ2v) is 7.44. The van der Waals surface area contributed by atoms with Gasteiger partial charge in [-0.1, -0.05) is 55.0 Å². The Balaban J connectivity index is 2.34. The Morgan fingerprint density at radius 3 is 2.17 bits per heavy atom. The highest BCUT2D eigenvalue weighted by Gasteiger charge is 2.19. The van der Waals surface area contributed by atoms with E-state index in [-0.39, 0.29) is 16.4 Å². The first-order valence-corrected chi connectivity index (χ1v) is 9.54. The van der Waals surface area contributed by atoms with Gasteiger partial charge in [-0.25, -0.2) is 8.42 Å². The van der Waals surface area contributed by atoms with E-state index in [1.165, 1.54) is 0 Å². The summed E-state index contributed by atoms with van der Waals surface area (Å²) in [5.41, 5.74) is 3.90. The third-order valence-corrected chi connectivity index (χ3v) is 5.50. The summed E-state index contributed by atoms with van der Waals surface area (Å²) in [5.74, 6) is 0. The first-order chi connectivity index (χ1) is 11.6. The molecule has 4 heteroatoms. The Morgan fingerprint density at radius 2 is 1.54 bits per heavy atom. The fourth-order valence-electron chi connectivity index (χ4n) is 2.31. The van der Waals surface area contributed by atoms with Gasteiger partial charge in [0, 0.05) is 6.61 Å². The maximum atomic E-state index is 12.8. The number of hydrogen-bond donors (Lipinski definition) is 1. The molecule has 0 atom stereocenters. The highest BCUT2D eigenvalue weighted by atomic mass is 32.2. The van der Waals surface area contributed by atoms with Crippen LogP contribution in [0.5, 0.6) is 0 Å². The molecule has 0 saturated heterocycles. The van der Waals surface area contributed by atoms with Crippen LogP contribution in [0.3, 0.4) is 0 Å². The van der Waals surface area contributed by atoms with Gasteiger partial charge in [0.2, 0.25) is 9.84 Å². The molecule has 0 amide bonds. The van der Waals surface area contributed by atoms with Crippen molar-refractivity contribution >= 4 is 15.9 Å². The molecule has 3 nitrogen and oxygen atoms in total. The molecule has 0 aliphatic heterocycles. The molecular formula is C20H22O3S. The van der Waals surface area contributed by atoms with E-state index in [1.54, 1.807) is 36.4 Å². The van der Waals surface area contributed by atoms with Gasteiger partial charge in [-0.3, -0.25) is 0 Å². The van der Waals surface area contributed by atoms with Crippen molar-refractivity contribution in [2.75, 3.05) is 6.61 Å². The van der Waals surface area contributed by atoms with Crippen molar-refractivity contribution in [3.05, 3.63) is 76.9 Å². The average molecular weight is 342 g/mol. The van der Waals surface area contributed by atoms with Crippen molar-refractivity contribution in [1.29, 1.82) is 0 Å². The van der Waals surface area contributed by atoms with Crippen LogP contribution in [0.4, 0.5) is 0 Å². The second-order valence-electron chi connectivity index (χ2n) is 5.47. The summed E-state index contributed by atoms with van der Waals surface area (Å²) in [5, 5.41) is 8.87. The fraction of sp³-hybridized carbons (Fsp3) is 0.250. The number of benzene rings is 2. The summed E-state index contributed by atoms with van der Waals surface area (Å²) in [4.78, 5) is 0.576. The monoisotopic (exact) mass is 342 g/mol. The molecule has 0 radical (unpaired) electrons. The van der Waals surface area contributed by atoms with Crippen LogP contribution in [0.25, 0.3) is 6.08 Å². The Kier molecular flexibility index (Phi) is 7.01. The molecule has 24 heavy (non-hydrogen) atoms. The molecule has 0 aliphatic rings. The molecule has 0 saturated carbocycles. The number of allylic oxidation sites excluding steroid dienone is 1. The molecule has 2 aromatic carbocycles. The minimum absolute atomic E-state index is 0.129. The summed E-state index contributed by atoms with van der Waals surface area (Å²) in [6.45, 7) is 0.129. The zero-order valence-corrected chi connectivity index (χ0v) is 14.4. The SMILES string of the molecule is O=S(=O)(C(=C=Cc1ccccc1)CCCCCO)c1ccccc1. The largest absolute Gasteiger partial charge is 0.396 e. The highest BCUT2D eigenvalue weighted by molar-refractivity contribution is 7.95. The van der Waals surface area contributed by atoms with Gasteiger partial charge in [-0.15, -0.1) is 5.73 Å². The molecule has 0 heterocycles. The molecule has 2 aromatic rings. The van der Waals surface area contributed by atoms with E-state index < -0.39 is 9.84 Å². The third-order valence-electron chi connectivity index (χ3n) is 3.64. The Morgan fingerprint density at radius 1 is 0.917 bits per heavy atom. The van der Waals surface area contributed by atoms with E-state index in [4.69, 9.17) is 5.11 Å². The van der Waals surface area contributed by atoms with Crippen molar-refractivity contribution in [2.45, 2.75) is 30.6 Å². The lowest BCUT2D eigenvalue weighted by Crippen LogP contribution is -2.04. The van der Waals surface area contributed by atoms with Crippen LogP contribution in [-0.2, 0) is 9.84 Å². The quantitative estimate of drug-likeness (QED) is 0.577. The van der Waals surface area contributed by atoms with Gasteiger partial charge >= 0.3 is 0 Å². The van der Waals surface area contributed by atoms with Crippen LogP contribution in [0.15, 0.2) is 76.2 Å². The predicted octanol–water partition coefficient (Wildman–Crippen LogP) is 4.21. The zero-order valence-electron chi connectivity index (χ0n) is 13.6. The number of hydrogen-bond acceptors (Lipinski definition) is 3. The molecule has 0 unspecified atom stereocenters. The summed E-state index contributed by atoms with van der Waals surface area (Å²) in [6.07, 6.45) is 4.30. The van der Waals surface area contributed by atoms with Gasteiger partial charge in [0.15, 0.2) is 0 Å². The summed E-state index contributed by atoms with van der Waals surface area (Å²) in [7, 11) is -3.55. The minimum Gasteiger partial charge on any atom is -0.396 e. The summed E-state index contributed by atoms with van der Waals surface area (Å²) >= 11 is 0. The normalized spacial score (nSPS) is 10.9. The van der Waals surface area contributed by atoms with E-state index in [1.807, 2.05) is 30.3 Å². The van der Waals surface area contributed by atoms with E-state index >= 15 is 0 Å². The van der Waals surface area contributed by atoms with E-state index in [0.717, 1.165) is 12.0 Å². The van der Waals surface area contributed by atoms with Gasteiger partial charge in [-0.05, 0) is 43.0 Å².